The van der Waals surface area contributed by atoms with Crippen molar-refractivity contribution in [2.75, 3.05) is 6.54 Å². The lowest BCUT2D eigenvalue weighted by Gasteiger charge is -2.13. The summed E-state index contributed by atoms with van der Waals surface area (Å²) in [7, 11) is 0. The van der Waals surface area contributed by atoms with Gasteiger partial charge in [0.15, 0.2) is 17.1 Å². The summed E-state index contributed by atoms with van der Waals surface area (Å²) in [4.78, 5) is 8.83. The largest absolute Gasteiger partial charge is 0.439 e. The van der Waals surface area contributed by atoms with Gasteiger partial charge in [0, 0.05) is 12.1 Å². The summed E-state index contributed by atoms with van der Waals surface area (Å²) in [5.41, 5.74) is 8.14. The van der Waals surface area contributed by atoms with Crippen LogP contribution in [0.1, 0.15) is 44.2 Å². The van der Waals surface area contributed by atoms with Gasteiger partial charge in [0.05, 0.1) is 0 Å². The molecule has 2 N–H and O–H groups in total. The highest BCUT2D eigenvalue weighted by Crippen LogP contribution is 2.20. The molecule has 4 heteroatoms. The van der Waals surface area contributed by atoms with E-state index in [1.165, 1.54) is 12.8 Å². The van der Waals surface area contributed by atoms with Gasteiger partial charge >= 0.3 is 0 Å². The molecule has 1 unspecified atom stereocenters. The molecule has 1 atom stereocenters. The van der Waals surface area contributed by atoms with E-state index in [2.05, 4.69) is 16.9 Å². The topological polar surface area (TPSA) is 64.9 Å². The summed E-state index contributed by atoms with van der Waals surface area (Å²) in [5.74, 6) is 1.48. The summed E-state index contributed by atoms with van der Waals surface area (Å²) < 4.78 is 5.72. The Labute approximate surface area is 114 Å². The fourth-order valence-corrected chi connectivity index (χ4v) is 2.47. The highest BCUT2D eigenvalue weighted by Gasteiger charge is 2.11. The number of hydrogen-bond acceptors (Lipinski definition) is 4. The Balaban J connectivity index is 2.00. The molecule has 0 aliphatic carbocycles. The van der Waals surface area contributed by atoms with Crippen LogP contribution in [0.15, 0.2) is 16.5 Å². The van der Waals surface area contributed by atoms with Gasteiger partial charge in [0.1, 0.15) is 0 Å². The Morgan fingerprint density at radius 3 is 2.79 bits per heavy atom. The van der Waals surface area contributed by atoms with Crippen LogP contribution in [0, 0.1) is 12.8 Å². The van der Waals surface area contributed by atoms with Crippen LogP contribution in [0.4, 0.5) is 0 Å². The molecule has 0 radical (unpaired) electrons. The lowest BCUT2D eigenvalue weighted by molar-refractivity contribution is 0.398. The van der Waals surface area contributed by atoms with E-state index in [-0.39, 0.29) is 0 Å². The standard InChI is InChI=1S/C15H23N3O/c1-3-4-12(9-10-16)6-8-14-18-15-13(19-14)7-5-11(2)17-15/h5,7,12H,3-4,6,8-10,16H2,1-2H3. The van der Waals surface area contributed by atoms with Crippen LogP contribution in [-0.4, -0.2) is 16.5 Å². The van der Waals surface area contributed by atoms with Gasteiger partial charge in [-0.25, -0.2) is 4.98 Å². The average molecular weight is 261 g/mol. The highest BCUT2D eigenvalue weighted by molar-refractivity contribution is 5.67. The molecular weight excluding hydrogens is 238 g/mol. The van der Waals surface area contributed by atoms with Crippen molar-refractivity contribution in [2.45, 2.75) is 46.0 Å². The van der Waals surface area contributed by atoms with Crippen molar-refractivity contribution in [3.05, 3.63) is 23.7 Å². The third-order valence-corrected chi connectivity index (χ3v) is 3.48. The van der Waals surface area contributed by atoms with Gasteiger partial charge in [-0.1, -0.05) is 19.8 Å². The molecule has 2 aromatic heterocycles. The molecule has 104 valence electrons. The molecule has 2 aromatic rings. The Hall–Kier alpha value is -1.42. The third-order valence-electron chi connectivity index (χ3n) is 3.48. The SMILES string of the molecule is CCCC(CCN)CCc1nc2nc(C)ccc2o1. The molecule has 19 heavy (non-hydrogen) atoms. The molecule has 2 rings (SSSR count). The van der Waals surface area contributed by atoms with Gasteiger partial charge in [0.25, 0.3) is 0 Å². The van der Waals surface area contributed by atoms with E-state index in [1.807, 2.05) is 19.1 Å². The van der Waals surface area contributed by atoms with Crippen LogP contribution in [0.25, 0.3) is 11.2 Å². The van der Waals surface area contributed by atoms with E-state index in [0.29, 0.717) is 5.92 Å². The first-order valence-corrected chi connectivity index (χ1v) is 7.16. The summed E-state index contributed by atoms with van der Waals surface area (Å²) in [6, 6.07) is 3.89. The molecule has 0 aliphatic heterocycles. The van der Waals surface area contributed by atoms with Gasteiger partial charge < -0.3 is 10.2 Å². The van der Waals surface area contributed by atoms with Crippen molar-refractivity contribution >= 4 is 11.2 Å². The number of nitrogens with two attached hydrogens (primary N) is 1. The van der Waals surface area contributed by atoms with Crippen LogP contribution in [-0.2, 0) is 6.42 Å². The van der Waals surface area contributed by atoms with E-state index in [0.717, 1.165) is 48.6 Å². The van der Waals surface area contributed by atoms with Crippen molar-refractivity contribution in [1.82, 2.24) is 9.97 Å². The first-order valence-electron chi connectivity index (χ1n) is 7.16. The molecule has 0 fully saturated rings. The zero-order valence-corrected chi connectivity index (χ0v) is 11.9. The van der Waals surface area contributed by atoms with E-state index < -0.39 is 0 Å². The predicted molar refractivity (Wildman–Crippen MR) is 76.9 cm³/mol. The van der Waals surface area contributed by atoms with Crippen molar-refractivity contribution in [3.63, 3.8) is 0 Å². The molecule has 0 saturated heterocycles. The van der Waals surface area contributed by atoms with Gasteiger partial charge in [0.2, 0.25) is 0 Å². The minimum atomic E-state index is 0.680. The van der Waals surface area contributed by atoms with Crippen LogP contribution in [0.3, 0.4) is 0 Å². The smallest absolute Gasteiger partial charge is 0.199 e. The van der Waals surface area contributed by atoms with E-state index in [1.54, 1.807) is 0 Å². The van der Waals surface area contributed by atoms with Crippen LogP contribution >= 0.6 is 0 Å². The number of hydrogen-bond donors (Lipinski definition) is 1. The van der Waals surface area contributed by atoms with E-state index in [4.69, 9.17) is 10.2 Å². The quantitative estimate of drug-likeness (QED) is 0.831. The molecule has 0 aromatic carbocycles. The third kappa shape index (κ3) is 3.77. The number of fused-ring (bicyclic) bond motifs is 1. The molecule has 0 aliphatic rings. The maximum atomic E-state index is 5.72. The Kier molecular flexibility index (Phi) is 4.91. The Morgan fingerprint density at radius 2 is 2.05 bits per heavy atom. The summed E-state index contributed by atoms with van der Waals surface area (Å²) in [6.07, 6.45) is 5.50. The van der Waals surface area contributed by atoms with Crippen molar-refractivity contribution in [2.24, 2.45) is 11.7 Å². The van der Waals surface area contributed by atoms with Gasteiger partial charge in [-0.2, -0.15) is 4.98 Å². The number of aryl methyl sites for hydroxylation is 2. The second-order valence-corrected chi connectivity index (χ2v) is 5.15. The number of rotatable bonds is 7. The molecule has 4 nitrogen and oxygen atoms in total. The minimum Gasteiger partial charge on any atom is -0.439 e. The average Bonchev–Trinajstić information content (AvgIpc) is 2.78. The minimum absolute atomic E-state index is 0.680. The highest BCUT2D eigenvalue weighted by atomic mass is 16.3. The number of oxazole rings is 1. The first-order chi connectivity index (χ1) is 9.22. The maximum absolute atomic E-state index is 5.72. The van der Waals surface area contributed by atoms with Crippen molar-refractivity contribution in [3.8, 4) is 0 Å². The number of pyridine rings is 1. The van der Waals surface area contributed by atoms with Crippen molar-refractivity contribution < 1.29 is 4.42 Å². The van der Waals surface area contributed by atoms with Gasteiger partial charge in [-0.15, -0.1) is 0 Å². The van der Waals surface area contributed by atoms with Gasteiger partial charge in [-0.3, -0.25) is 0 Å². The fourth-order valence-electron chi connectivity index (χ4n) is 2.47. The van der Waals surface area contributed by atoms with E-state index in [9.17, 15) is 0 Å². The first kappa shape index (κ1) is 14.0. The van der Waals surface area contributed by atoms with Crippen molar-refractivity contribution in [1.29, 1.82) is 0 Å². The molecule has 2 heterocycles. The summed E-state index contributed by atoms with van der Waals surface area (Å²) in [5, 5.41) is 0. The summed E-state index contributed by atoms with van der Waals surface area (Å²) >= 11 is 0. The van der Waals surface area contributed by atoms with Gasteiger partial charge in [-0.05, 0) is 44.4 Å². The second kappa shape index (κ2) is 6.66. The zero-order chi connectivity index (χ0) is 13.7. The van der Waals surface area contributed by atoms with E-state index >= 15 is 0 Å². The zero-order valence-electron chi connectivity index (χ0n) is 11.9. The Morgan fingerprint density at radius 1 is 1.21 bits per heavy atom. The van der Waals surface area contributed by atoms with Crippen LogP contribution < -0.4 is 5.73 Å². The summed E-state index contributed by atoms with van der Waals surface area (Å²) in [6.45, 7) is 4.95. The Bertz CT molecular complexity index is 515. The molecule has 0 amide bonds. The fraction of sp³-hybridized carbons (Fsp3) is 0.600. The number of aromatic nitrogens is 2. The lowest BCUT2D eigenvalue weighted by atomic mass is 9.94. The predicted octanol–water partition coefficient (Wildman–Crippen LogP) is 3.23. The van der Waals surface area contributed by atoms with Crippen LogP contribution in [0.2, 0.25) is 0 Å². The second-order valence-electron chi connectivity index (χ2n) is 5.15. The van der Waals surface area contributed by atoms with Crippen LogP contribution in [0.5, 0.6) is 0 Å². The lowest BCUT2D eigenvalue weighted by Crippen LogP contribution is -2.09. The molecule has 0 bridgehead atoms. The molecule has 0 spiro atoms. The number of nitrogens with zero attached hydrogens (tertiary/aromatic N) is 2. The monoisotopic (exact) mass is 261 g/mol. The normalized spacial score (nSPS) is 13.0. The molecular formula is C15H23N3O. The maximum Gasteiger partial charge on any atom is 0.199 e. The molecule has 0 saturated carbocycles.